The minimum atomic E-state index is -0.436. The summed E-state index contributed by atoms with van der Waals surface area (Å²) in [5.74, 6) is 0. The number of nitrogens with one attached hydrogen (secondary N) is 1. The molecule has 0 unspecified atom stereocenters. The van der Waals surface area contributed by atoms with Crippen LogP contribution in [0.5, 0.6) is 0 Å². The van der Waals surface area contributed by atoms with Gasteiger partial charge in [-0.05, 0) is 51.9 Å². The lowest BCUT2D eigenvalue weighted by atomic mass is 10.2. The van der Waals surface area contributed by atoms with Gasteiger partial charge >= 0.3 is 6.03 Å². The first-order valence-corrected chi connectivity index (χ1v) is 9.02. The molecule has 0 aliphatic heterocycles. The van der Waals surface area contributed by atoms with Crippen LogP contribution in [0.2, 0.25) is 0 Å². The van der Waals surface area contributed by atoms with Gasteiger partial charge in [-0.25, -0.2) is 9.78 Å². The lowest BCUT2D eigenvalue weighted by Gasteiger charge is -2.04. The van der Waals surface area contributed by atoms with Crippen LogP contribution >= 0.6 is 21.6 Å². The molecule has 1 N–H and O–H groups in total. The second-order valence-corrected chi connectivity index (χ2v) is 6.74. The number of carbonyl (C=O) groups is 1. The SMILES string of the molecule is N#Cc1cccc(NC(=O)n2cnc(SSc3ccccc3)n2)c1. The first-order valence-electron chi connectivity index (χ1n) is 6.87. The summed E-state index contributed by atoms with van der Waals surface area (Å²) in [4.78, 5) is 17.3. The zero-order valence-corrected chi connectivity index (χ0v) is 13.9. The van der Waals surface area contributed by atoms with E-state index in [9.17, 15) is 4.79 Å². The Balaban J connectivity index is 1.62. The lowest BCUT2D eigenvalue weighted by molar-refractivity contribution is 0.250. The van der Waals surface area contributed by atoms with Crippen molar-refractivity contribution in [2.75, 3.05) is 5.32 Å². The molecule has 0 aliphatic carbocycles. The van der Waals surface area contributed by atoms with Gasteiger partial charge in [0.2, 0.25) is 5.16 Å². The van der Waals surface area contributed by atoms with Crippen LogP contribution in [0, 0.1) is 11.3 Å². The Morgan fingerprint density at radius 1 is 1.12 bits per heavy atom. The minimum absolute atomic E-state index is 0.436. The molecular weight excluding hydrogens is 342 g/mol. The van der Waals surface area contributed by atoms with Crippen molar-refractivity contribution in [1.82, 2.24) is 14.8 Å². The van der Waals surface area contributed by atoms with E-state index in [4.69, 9.17) is 5.26 Å². The van der Waals surface area contributed by atoms with Crippen molar-refractivity contribution in [3.63, 3.8) is 0 Å². The molecule has 1 heterocycles. The van der Waals surface area contributed by atoms with Gasteiger partial charge in [-0.2, -0.15) is 9.94 Å². The van der Waals surface area contributed by atoms with Crippen molar-refractivity contribution in [3.05, 3.63) is 66.5 Å². The topological polar surface area (TPSA) is 83.6 Å². The van der Waals surface area contributed by atoms with Crippen LogP contribution in [-0.2, 0) is 0 Å². The summed E-state index contributed by atoms with van der Waals surface area (Å²) in [6, 6.07) is 18.1. The maximum atomic E-state index is 12.2. The standard InChI is InChI=1S/C16H11N5OS2/c17-10-12-5-4-6-13(9-12)19-16(22)21-11-18-15(20-21)24-23-14-7-2-1-3-8-14/h1-9,11H,(H,19,22). The number of nitrogens with zero attached hydrogens (tertiary/aromatic N) is 4. The second-order valence-electron chi connectivity index (χ2n) is 4.57. The number of hydrogen-bond donors (Lipinski definition) is 1. The quantitative estimate of drug-likeness (QED) is 0.713. The Kier molecular flexibility index (Phi) is 5.15. The van der Waals surface area contributed by atoms with E-state index in [2.05, 4.69) is 15.4 Å². The number of anilines is 1. The van der Waals surface area contributed by atoms with Crippen LogP contribution in [0.3, 0.4) is 0 Å². The zero-order chi connectivity index (χ0) is 16.8. The molecule has 0 saturated heterocycles. The predicted molar refractivity (Wildman–Crippen MR) is 93.8 cm³/mol. The van der Waals surface area contributed by atoms with E-state index in [0.29, 0.717) is 16.4 Å². The van der Waals surface area contributed by atoms with E-state index < -0.39 is 6.03 Å². The number of benzene rings is 2. The normalized spacial score (nSPS) is 10.1. The molecule has 1 amide bonds. The van der Waals surface area contributed by atoms with E-state index in [1.54, 1.807) is 24.3 Å². The van der Waals surface area contributed by atoms with E-state index in [1.165, 1.54) is 27.9 Å². The Morgan fingerprint density at radius 2 is 1.96 bits per heavy atom. The van der Waals surface area contributed by atoms with Crippen molar-refractivity contribution in [1.29, 1.82) is 5.26 Å². The molecule has 2 aromatic carbocycles. The molecule has 24 heavy (non-hydrogen) atoms. The van der Waals surface area contributed by atoms with Crippen LogP contribution < -0.4 is 5.32 Å². The highest BCUT2D eigenvalue weighted by Crippen LogP contribution is 2.34. The number of rotatable bonds is 4. The second kappa shape index (κ2) is 7.68. The molecule has 6 nitrogen and oxygen atoms in total. The molecule has 0 radical (unpaired) electrons. The molecule has 0 bridgehead atoms. The molecule has 0 spiro atoms. The van der Waals surface area contributed by atoms with Gasteiger partial charge in [-0.3, -0.25) is 0 Å². The van der Waals surface area contributed by atoms with Crippen molar-refractivity contribution < 1.29 is 4.79 Å². The number of nitriles is 1. The predicted octanol–water partition coefficient (Wildman–Crippen LogP) is 4.03. The number of hydrogen-bond acceptors (Lipinski definition) is 6. The van der Waals surface area contributed by atoms with Gasteiger partial charge in [-0.15, -0.1) is 5.10 Å². The number of aromatic nitrogens is 3. The van der Waals surface area contributed by atoms with Gasteiger partial charge in [0.25, 0.3) is 0 Å². The van der Waals surface area contributed by atoms with Gasteiger partial charge in [0.05, 0.1) is 11.6 Å². The summed E-state index contributed by atoms with van der Waals surface area (Å²) in [6.45, 7) is 0. The van der Waals surface area contributed by atoms with Crippen molar-refractivity contribution >= 4 is 33.3 Å². The molecule has 8 heteroatoms. The third kappa shape index (κ3) is 4.16. The highest BCUT2D eigenvalue weighted by atomic mass is 33.1. The summed E-state index contributed by atoms with van der Waals surface area (Å²) in [7, 11) is 2.89. The molecule has 3 aromatic rings. The van der Waals surface area contributed by atoms with Gasteiger partial charge < -0.3 is 5.32 Å². The molecule has 0 fully saturated rings. The van der Waals surface area contributed by atoms with Crippen molar-refractivity contribution in [3.8, 4) is 6.07 Å². The maximum absolute atomic E-state index is 12.2. The van der Waals surface area contributed by atoms with E-state index in [0.717, 1.165) is 9.58 Å². The monoisotopic (exact) mass is 353 g/mol. The maximum Gasteiger partial charge on any atom is 0.348 e. The first-order chi connectivity index (χ1) is 11.7. The van der Waals surface area contributed by atoms with Crippen LogP contribution in [0.25, 0.3) is 0 Å². The molecule has 0 saturated carbocycles. The van der Waals surface area contributed by atoms with Gasteiger partial charge in [0.15, 0.2) is 0 Å². The summed E-state index contributed by atoms with van der Waals surface area (Å²) < 4.78 is 1.13. The Morgan fingerprint density at radius 3 is 2.75 bits per heavy atom. The fourth-order valence-electron chi connectivity index (χ4n) is 1.79. The average Bonchev–Trinajstić information content (AvgIpc) is 3.10. The Hall–Kier alpha value is -2.76. The molecule has 3 rings (SSSR count). The molecule has 118 valence electrons. The van der Waals surface area contributed by atoms with E-state index in [1.807, 2.05) is 36.4 Å². The summed E-state index contributed by atoms with van der Waals surface area (Å²) in [5.41, 5.74) is 1.00. The van der Waals surface area contributed by atoms with Crippen LogP contribution in [0.15, 0.2) is 71.0 Å². The molecule has 0 atom stereocenters. The number of carbonyl (C=O) groups excluding carboxylic acids is 1. The third-order valence-electron chi connectivity index (χ3n) is 2.88. The van der Waals surface area contributed by atoms with Crippen LogP contribution in [0.1, 0.15) is 5.56 Å². The van der Waals surface area contributed by atoms with Gasteiger partial charge in [0.1, 0.15) is 6.33 Å². The van der Waals surface area contributed by atoms with Crippen LogP contribution in [-0.4, -0.2) is 20.8 Å². The third-order valence-corrected chi connectivity index (χ3v) is 5.04. The fourth-order valence-corrected chi connectivity index (χ4v) is 3.52. The summed E-state index contributed by atoms with van der Waals surface area (Å²) in [5, 5.41) is 16.2. The Labute approximate surface area is 146 Å². The minimum Gasteiger partial charge on any atom is -0.306 e. The largest absolute Gasteiger partial charge is 0.348 e. The number of amides is 1. The highest BCUT2D eigenvalue weighted by molar-refractivity contribution is 8.76. The highest BCUT2D eigenvalue weighted by Gasteiger charge is 2.10. The van der Waals surface area contributed by atoms with Gasteiger partial charge in [0, 0.05) is 10.6 Å². The molecule has 0 aliphatic rings. The van der Waals surface area contributed by atoms with E-state index >= 15 is 0 Å². The zero-order valence-electron chi connectivity index (χ0n) is 12.3. The Bertz CT molecular complexity index is 889. The van der Waals surface area contributed by atoms with Gasteiger partial charge in [-0.1, -0.05) is 24.3 Å². The first kappa shape index (κ1) is 16.1. The van der Waals surface area contributed by atoms with E-state index in [-0.39, 0.29) is 0 Å². The summed E-state index contributed by atoms with van der Waals surface area (Å²) >= 11 is 0. The molecular formula is C16H11N5OS2. The fraction of sp³-hybridized carbons (Fsp3) is 0. The van der Waals surface area contributed by atoms with Crippen molar-refractivity contribution in [2.24, 2.45) is 0 Å². The average molecular weight is 353 g/mol. The van der Waals surface area contributed by atoms with Crippen molar-refractivity contribution in [2.45, 2.75) is 10.1 Å². The smallest absolute Gasteiger partial charge is 0.306 e. The lowest BCUT2D eigenvalue weighted by Crippen LogP contribution is -2.19. The molecule has 1 aromatic heterocycles. The summed E-state index contributed by atoms with van der Waals surface area (Å²) in [6.07, 6.45) is 1.36. The van der Waals surface area contributed by atoms with Crippen LogP contribution in [0.4, 0.5) is 10.5 Å².